The average Bonchev–Trinajstić information content (AvgIpc) is 2.38. The fraction of sp³-hybridized carbons (Fsp3) is 0.467. The van der Waals surface area contributed by atoms with Crippen LogP contribution in [0.4, 0.5) is 0 Å². The maximum Gasteiger partial charge on any atom is 0.0889 e. The molecule has 2 heteroatoms. The van der Waals surface area contributed by atoms with E-state index in [1.165, 1.54) is 11.1 Å². The van der Waals surface area contributed by atoms with Crippen LogP contribution in [0.1, 0.15) is 45.7 Å². The summed E-state index contributed by atoms with van der Waals surface area (Å²) in [5.41, 5.74) is 3.48. The highest BCUT2D eigenvalue weighted by atomic mass is 15.1. The molecular formula is C15H22N2. The molecule has 1 heterocycles. The van der Waals surface area contributed by atoms with Gasteiger partial charge in [-0.1, -0.05) is 32.1 Å². The summed E-state index contributed by atoms with van der Waals surface area (Å²) in [6.07, 6.45) is 7.03. The Hall–Kier alpha value is -1.44. The quantitative estimate of drug-likeness (QED) is 0.682. The molecule has 0 fully saturated rings. The maximum absolute atomic E-state index is 4.22. The average molecular weight is 230 g/mol. The minimum atomic E-state index is 0.613. The third kappa shape index (κ3) is 3.81. The molecule has 0 aliphatic carbocycles. The van der Waals surface area contributed by atoms with Gasteiger partial charge in [-0.05, 0) is 49.8 Å². The largest absolute Gasteiger partial charge is 0.159 e. The summed E-state index contributed by atoms with van der Waals surface area (Å²) in [4.78, 5) is 0. The van der Waals surface area contributed by atoms with Crippen LogP contribution in [0.2, 0.25) is 0 Å². The predicted octanol–water partition coefficient (Wildman–Crippen LogP) is 4.26. The molecule has 0 saturated carbocycles. The zero-order chi connectivity index (χ0) is 12.7. The Morgan fingerprint density at radius 1 is 1.41 bits per heavy atom. The van der Waals surface area contributed by atoms with Gasteiger partial charge >= 0.3 is 0 Å². The first-order valence-electron chi connectivity index (χ1n) is 6.33. The SMILES string of the molecule is C=C(C/C(=C\C)c1cccnn1)C(CC)CC. The first kappa shape index (κ1) is 13.6. The number of aromatic nitrogens is 2. The van der Waals surface area contributed by atoms with Crippen molar-refractivity contribution in [1.29, 1.82) is 0 Å². The zero-order valence-corrected chi connectivity index (χ0v) is 11.1. The van der Waals surface area contributed by atoms with Gasteiger partial charge < -0.3 is 0 Å². The van der Waals surface area contributed by atoms with Crippen molar-refractivity contribution in [2.24, 2.45) is 5.92 Å². The van der Waals surface area contributed by atoms with Gasteiger partial charge in [0.05, 0.1) is 5.69 Å². The van der Waals surface area contributed by atoms with Gasteiger partial charge in [0.2, 0.25) is 0 Å². The van der Waals surface area contributed by atoms with Gasteiger partial charge in [0, 0.05) is 6.20 Å². The van der Waals surface area contributed by atoms with Crippen LogP contribution in [-0.2, 0) is 0 Å². The van der Waals surface area contributed by atoms with Crippen molar-refractivity contribution in [1.82, 2.24) is 10.2 Å². The number of nitrogens with zero attached hydrogens (tertiary/aromatic N) is 2. The van der Waals surface area contributed by atoms with Crippen molar-refractivity contribution < 1.29 is 0 Å². The fourth-order valence-electron chi connectivity index (χ4n) is 2.07. The number of allylic oxidation sites excluding steroid dienone is 3. The normalized spacial score (nSPS) is 11.9. The van der Waals surface area contributed by atoms with E-state index in [4.69, 9.17) is 0 Å². The van der Waals surface area contributed by atoms with Crippen LogP contribution in [0.5, 0.6) is 0 Å². The molecular weight excluding hydrogens is 208 g/mol. The fourth-order valence-corrected chi connectivity index (χ4v) is 2.07. The second-order valence-electron chi connectivity index (χ2n) is 4.27. The van der Waals surface area contributed by atoms with Crippen molar-refractivity contribution in [3.8, 4) is 0 Å². The molecule has 0 aliphatic heterocycles. The lowest BCUT2D eigenvalue weighted by Crippen LogP contribution is -2.02. The Bertz CT molecular complexity index is 375. The Morgan fingerprint density at radius 2 is 2.12 bits per heavy atom. The van der Waals surface area contributed by atoms with Crippen LogP contribution in [0.25, 0.3) is 5.57 Å². The van der Waals surface area contributed by atoms with Gasteiger partial charge in [-0.25, -0.2) is 0 Å². The molecule has 0 spiro atoms. The molecule has 2 nitrogen and oxygen atoms in total. The molecule has 0 atom stereocenters. The van der Waals surface area contributed by atoms with Crippen molar-refractivity contribution in [3.05, 3.63) is 42.3 Å². The van der Waals surface area contributed by atoms with Crippen LogP contribution in [0.15, 0.2) is 36.6 Å². The van der Waals surface area contributed by atoms with Gasteiger partial charge in [-0.15, -0.1) is 0 Å². The maximum atomic E-state index is 4.22. The van der Waals surface area contributed by atoms with Crippen molar-refractivity contribution >= 4 is 5.57 Å². The van der Waals surface area contributed by atoms with E-state index < -0.39 is 0 Å². The molecule has 1 aromatic rings. The van der Waals surface area contributed by atoms with Gasteiger partial charge in [-0.3, -0.25) is 0 Å². The van der Waals surface area contributed by atoms with E-state index in [9.17, 15) is 0 Å². The highest BCUT2D eigenvalue weighted by Gasteiger charge is 2.11. The Morgan fingerprint density at radius 3 is 2.59 bits per heavy atom. The minimum Gasteiger partial charge on any atom is -0.159 e. The molecule has 1 aromatic heterocycles. The lowest BCUT2D eigenvalue weighted by Gasteiger charge is -2.17. The van der Waals surface area contributed by atoms with E-state index in [-0.39, 0.29) is 0 Å². The second-order valence-corrected chi connectivity index (χ2v) is 4.27. The zero-order valence-electron chi connectivity index (χ0n) is 11.1. The molecule has 0 amide bonds. The smallest absolute Gasteiger partial charge is 0.0889 e. The van der Waals surface area contributed by atoms with E-state index in [0.29, 0.717) is 5.92 Å². The molecule has 92 valence electrons. The Balaban J connectivity index is 2.76. The van der Waals surface area contributed by atoms with Crippen LogP contribution in [-0.4, -0.2) is 10.2 Å². The van der Waals surface area contributed by atoms with E-state index in [1.807, 2.05) is 19.1 Å². The first-order valence-corrected chi connectivity index (χ1v) is 6.33. The van der Waals surface area contributed by atoms with Gasteiger partial charge in [0.25, 0.3) is 0 Å². The third-order valence-electron chi connectivity index (χ3n) is 3.23. The van der Waals surface area contributed by atoms with Crippen molar-refractivity contribution in [2.75, 3.05) is 0 Å². The summed E-state index contributed by atoms with van der Waals surface area (Å²) in [6, 6.07) is 3.92. The molecule has 0 aromatic carbocycles. The lowest BCUT2D eigenvalue weighted by atomic mass is 9.89. The van der Waals surface area contributed by atoms with Crippen LogP contribution >= 0.6 is 0 Å². The standard InChI is InChI=1S/C15H22N2/c1-5-13(6-2)12(4)11-14(7-3)15-9-8-10-16-17-15/h7-10,13H,4-6,11H2,1-3H3/b14-7+. The van der Waals surface area contributed by atoms with Crippen LogP contribution in [0, 0.1) is 5.92 Å². The molecule has 0 aliphatic rings. The lowest BCUT2D eigenvalue weighted by molar-refractivity contribution is 0.565. The van der Waals surface area contributed by atoms with Crippen molar-refractivity contribution in [3.63, 3.8) is 0 Å². The first-order chi connectivity index (χ1) is 8.22. The molecule has 0 radical (unpaired) electrons. The third-order valence-corrected chi connectivity index (χ3v) is 3.23. The van der Waals surface area contributed by atoms with E-state index in [2.05, 4.69) is 36.7 Å². The summed E-state index contributed by atoms with van der Waals surface area (Å²) in [7, 11) is 0. The van der Waals surface area contributed by atoms with Crippen LogP contribution < -0.4 is 0 Å². The number of hydrogen-bond donors (Lipinski definition) is 0. The van der Waals surface area contributed by atoms with Gasteiger partial charge in [0.1, 0.15) is 0 Å². The summed E-state index contributed by atoms with van der Waals surface area (Å²) in [5, 5.41) is 8.08. The number of rotatable bonds is 6. The van der Waals surface area contributed by atoms with E-state index in [1.54, 1.807) is 6.20 Å². The molecule has 0 saturated heterocycles. The Labute approximate surface area is 104 Å². The van der Waals surface area contributed by atoms with Gasteiger partial charge in [-0.2, -0.15) is 10.2 Å². The molecule has 0 N–H and O–H groups in total. The molecule has 17 heavy (non-hydrogen) atoms. The molecule has 1 rings (SSSR count). The summed E-state index contributed by atoms with van der Waals surface area (Å²) >= 11 is 0. The molecule has 0 bridgehead atoms. The molecule has 0 unspecified atom stereocenters. The summed E-state index contributed by atoms with van der Waals surface area (Å²) in [5.74, 6) is 0.613. The highest BCUT2D eigenvalue weighted by Crippen LogP contribution is 2.27. The monoisotopic (exact) mass is 230 g/mol. The predicted molar refractivity (Wildman–Crippen MR) is 73.5 cm³/mol. The van der Waals surface area contributed by atoms with Gasteiger partial charge in [0.15, 0.2) is 0 Å². The van der Waals surface area contributed by atoms with Crippen molar-refractivity contribution in [2.45, 2.75) is 40.0 Å². The topological polar surface area (TPSA) is 25.8 Å². The second kappa shape index (κ2) is 7.00. The highest BCUT2D eigenvalue weighted by molar-refractivity contribution is 5.64. The number of hydrogen-bond acceptors (Lipinski definition) is 2. The summed E-state index contributed by atoms with van der Waals surface area (Å²) < 4.78 is 0. The van der Waals surface area contributed by atoms with Crippen LogP contribution in [0.3, 0.4) is 0 Å². The van der Waals surface area contributed by atoms with E-state index in [0.717, 1.165) is 25.0 Å². The minimum absolute atomic E-state index is 0.613. The van der Waals surface area contributed by atoms with E-state index >= 15 is 0 Å². The Kier molecular flexibility index (Phi) is 5.61. The summed E-state index contributed by atoms with van der Waals surface area (Å²) in [6.45, 7) is 10.7.